The van der Waals surface area contributed by atoms with Gasteiger partial charge >= 0.3 is 0 Å². The van der Waals surface area contributed by atoms with Gasteiger partial charge in [-0.2, -0.15) is 0 Å². The Hall–Kier alpha value is -1.84. The Labute approximate surface area is 108 Å². The molecule has 0 saturated heterocycles. The second kappa shape index (κ2) is 7.48. The zero-order chi connectivity index (χ0) is 13.4. The molecule has 0 bridgehead atoms. The molecule has 1 atom stereocenters. The Balaban J connectivity index is 2.31. The lowest BCUT2D eigenvalue weighted by atomic mass is 10.1. The lowest BCUT2D eigenvalue weighted by molar-refractivity contribution is -0.128. The number of rotatable bonds is 6. The average Bonchev–Trinajstić information content (AvgIpc) is 2.38. The Bertz CT molecular complexity index is 390. The van der Waals surface area contributed by atoms with E-state index in [2.05, 4.69) is 10.6 Å². The molecule has 1 aromatic carbocycles. The molecule has 1 aromatic rings. The predicted octanol–water partition coefficient (Wildman–Crippen LogP) is 1.26. The third-order valence-electron chi connectivity index (χ3n) is 2.61. The molecule has 0 unspecified atom stereocenters. The van der Waals surface area contributed by atoms with Crippen LogP contribution in [0.15, 0.2) is 30.3 Å². The first-order valence-corrected chi connectivity index (χ1v) is 6.24. The van der Waals surface area contributed by atoms with Gasteiger partial charge in [0.25, 0.3) is 0 Å². The molecule has 0 spiro atoms. The highest BCUT2D eigenvalue weighted by molar-refractivity contribution is 5.87. The van der Waals surface area contributed by atoms with E-state index in [1.54, 1.807) is 6.92 Å². The second-order valence-electron chi connectivity index (χ2n) is 4.17. The quantitative estimate of drug-likeness (QED) is 0.796. The molecule has 0 saturated carbocycles. The van der Waals surface area contributed by atoms with Gasteiger partial charge in [0.05, 0.1) is 0 Å². The fraction of sp³-hybridized carbons (Fsp3) is 0.429. The zero-order valence-corrected chi connectivity index (χ0v) is 10.9. The maximum absolute atomic E-state index is 11.6. The van der Waals surface area contributed by atoms with Gasteiger partial charge in [-0.25, -0.2) is 0 Å². The van der Waals surface area contributed by atoms with Crippen molar-refractivity contribution in [1.29, 1.82) is 0 Å². The first-order valence-electron chi connectivity index (χ1n) is 6.24. The molecular formula is C14H20N2O2. The van der Waals surface area contributed by atoms with Crippen molar-refractivity contribution in [3.63, 3.8) is 0 Å². The highest BCUT2D eigenvalue weighted by Crippen LogP contribution is 2.02. The van der Waals surface area contributed by atoms with Crippen molar-refractivity contribution in [1.82, 2.24) is 10.6 Å². The van der Waals surface area contributed by atoms with Crippen LogP contribution >= 0.6 is 0 Å². The summed E-state index contributed by atoms with van der Waals surface area (Å²) in [5.41, 5.74) is 1.12. The predicted molar refractivity (Wildman–Crippen MR) is 71.1 cm³/mol. The van der Waals surface area contributed by atoms with Gasteiger partial charge in [0.1, 0.15) is 6.04 Å². The highest BCUT2D eigenvalue weighted by Gasteiger charge is 2.14. The first-order chi connectivity index (χ1) is 8.63. The van der Waals surface area contributed by atoms with E-state index in [1.165, 1.54) is 0 Å². The smallest absolute Gasteiger partial charge is 0.242 e. The van der Waals surface area contributed by atoms with Crippen LogP contribution in [0, 0.1) is 0 Å². The van der Waals surface area contributed by atoms with Crippen LogP contribution in [0.4, 0.5) is 0 Å². The summed E-state index contributed by atoms with van der Waals surface area (Å²) in [6, 6.07) is 9.34. The van der Waals surface area contributed by atoms with Crippen molar-refractivity contribution in [3.8, 4) is 0 Å². The number of likely N-dealkylation sites (N-methyl/N-ethyl adjacent to an activating group) is 1. The maximum Gasteiger partial charge on any atom is 0.242 e. The molecule has 0 aliphatic rings. The van der Waals surface area contributed by atoms with Crippen LogP contribution in [-0.4, -0.2) is 24.4 Å². The third-order valence-corrected chi connectivity index (χ3v) is 2.61. The molecule has 0 heterocycles. The summed E-state index contributed by atoms with van der Waals surface area (Å²) < 4.78 is 0. The van der Waals surface area contributed by atoms with E-state index in [0.29, 0.717) is 19.4 Å². The van der Waals surface area contributed by atoms with E-state index in [-0.39, 0.29) is 11.8 Å². The summed E-state index contributed by atoms with van der Waals surface area (Å²) >= 11 is 0. The van der Waals surface area contributed by atoms with Crippen LogP contribution < -0.4 is 10.6 Å². The highest BCUT2D eigenvalue weighted by atomic mass is 16.2. The van der Waals surface area contributed by atoms with Gasteiger partial charge in [-0.05, 0) is 25.8 Å². The van der Waals surface area contributed by atoms with Crippen LogP contribution in [0.5, 0.6) is 0 Å². The Morgan fingerprint density at radius 3 is 2.50 bits per heavy atom. The van der Waals surface area contributed by atoms with Gasteiger partial charge in [-0.1, -0.05) is 30.3 Å². The first kappa shape index (κ1) is 14.2. The summed E-state index contributed by atoms with van der Waals surface area (Å²) in [7, 11) is 0. The van der Waals surface area contributed by atoms with E-state index in [1.807, 2.05) is 37.3 Å². The lowest BCUT2D eigenvalue weighted by Gasteiger charge is -2.13. The van der Waals surface area contributed by atoms with Crippen molar-refractivity contribution in [2.45, 2.75) is 32.7 Å². The van der Waals surface area contributed by atoms with Crippen LogP contribution in [-0.2, 0) is 16.0 Å². The minimum Gasteiger partial charge on any atom is -0.355 e. The number of nitrogens with one attached hydrogen (secondary N) is 2. The van der Waals surface area contributed by atoms with Crippen molar-refractivity contribution >= 4 is 11.8 Å². The van der Waals surface area contributed by atoms with Crippen LogP contribution in [0.2, 0.25) is 0 Å². The number of benzene rings is 1. The van der Waals surface area contributed by atoms with Crippen LogP contribution in [0.1, 0.15) is 25.8 Å². The van der Waals surface area contributed by atoms with Crippen molar-refractivity contribution in [2.75, 3.05) is 6.54 Å². The second-order valence-corrected chi connectivity index (χ2v) is 4.17. The standard InChI is InChI=1S/C14H20N2O2/c1-3-15-14(18)11(2)16-13(17)10-9-12-7-5-4-6-8-12/h4-8,11H,3,9-10H2,1-2H3,(H,15,18)(H,16,17)/t11-/m1/s1. The minimum absolute atomic E-state index is 0.0994. The Morgan fingerprint density at radius 2 is 1.89 bits per heavy atom. The Kier molecular flexibility index (Phi) is 5.91. The van der Waals surface area contributed by atoms with E-state index in [9.17, 15) is 9.59 Å². The van der Waals surface area contributed by atoms with Gasteiger partial charge in [-0.3, -0.25) is 9.59 Å². The van der Waals surface area contributed by atoms with Crippen LogP contribution in [0.3, 0.4) is 0 Å². The number of hydrogen-bond acceptors (Lipinski definition) is 2. The average molecular weight is 248 g/mol. The summed E-state index contributed by atoms with van der Waals surface area (Å²) in [5, 5.41) is 5.35. The SMILES string of the molecule is CCNC(=O)[C@@H](C)NC(=O)CCc1ccccc1. The number of carbonyl (C=O) groups excluding carboxylic acids is 2. The molecule has 0 aromatic heterocycles. The third kappa shape index (κ3) is 4.99. The van der Waals surface area contributed by atoms with Crippen molar-refractivity contribution in [3.05, 3.63) is 35.9 Å². The zero-order valence-electron chi connectivity index (χ0n) is 10.9. The molecule has 2 amide bonds. The summed E-state index contributed by atoms with van der Waals surface area (Å²) in [6.45, 7) is 4.11. The lowest BCUT2D eigenvalue weighted by Crippen LogP contribution is -2.44. The van der Waals surface area contributed by atoms with Crippen LogP contribution in [0.25, 0.3) is 0 Å². The van der Waals surface area contributed by atoms with Gasteiger partial charge in [-0.15, -0.1) is 0 Å². The number of hydrogen-bond donors (Lipinski definition) is 2. The fourth-order valence-corrected chi connectivity index (χ4v) is 1.61. The van der Waals surface area contributed by atoms with Gasteiger partial charge < -0.3 is 10.6 Å². The number of carbonyl (C=O) groups is 2. The summed E-state index contributed by atoms with van der Waals surface area (Å²) in [4.78, 5) is 23.1. The minimum atomic E-state index is -0.478. The molecule has 4 heteroatoms. The molecule has 98 valence electrons. The molecule has 0 fully saturated rings. The molecule has 4 nitrogen and oxygen atoms in total. The summed E-state index contributed by atoms with van der Waals surface area (Å²) in [6.07, 6.45) is 1.09. The van der Waals surface area contributed by atoms with Crippen molar-refractivity contribution < 1.29 is 9.59 Å². The largest absolute Gasteiger partial charge is 0.355 e. The molecule has 0 aliphatic carbocycles. The molecule has 0 aliphatic heterocycles. The number of amides is 2. The van der Waals surface area contributed by atoms with E-state index in [4.69, 9.17) is 0 Å². The topological polar surface area (TPSA) is 58.2 Å². The molecule has 1 rings (SSSR count). The molecule has 2 N–H and O–H groups in total. The molecular weight excluding hydrogens is 228 g/mol. The normalized spacial score (nSPS) is 11.7. The monoisotopic (exact) mass is 248 g/mol. The Morgan fingerprint density at radius 1 is 1.22 bits per heavy atom. The summed E-state index contributed by atoms with van der Waals surface area (Å²) in [5.74, 6) is -0.247. The van der Waals surface area contributed by atoms with Gasteiger partial charge in [0.2, 0.25) is 11.8 Å². The van der Waals surface area contributed by atoms with Crippen molar-refractivity contribution in [2.24, 2.45) is 0 Å². The van der Waals surface area contributed by atoms with E-state index < -0.39 is 6.04 Å². The maximum atomic E-state index is 11.6. The van der Waals surface area contributed by atoms with E-state index in [0.717, 1.165) is 5.56 Å². The number of aryl methyl sites for hydroxylation is 1. The molecule has 0 radical (unpaired) electrons. The van der Waals surface area contributed by atoms with E-state index >= 15 is 0 Å². The van der Waals surface area contributed by atoms with Gasteiger partial charge in [0.15, 0.2) is 0 Å². The van der Waals surface area contributed by atoms with Gasteiger partial charge in [0, 0.05) is 13.0 Å². The molecule has 18 heavy (non-hydrogen) atoms. The fourth-order valence-electron chi connectivity index (χ4n) is 1.61.